The number of anilines is 1. The molecule has 0 atom stereocenters. The highest BCUT2D eigenvalue weighted by Crippen LogP contribution is 2.28. The number of aromatic nitrogens is 3. The largest absolute Gasteiger partial charge is 0.495 e. The number of benzene rings is 1. The van der Waals surface area contributed by atoms with E-state index in [0.29, 0.717) is 11.5 Å². The highest BCUT2D eigenvalue weighted by atomic mass is 32.2. The first-order chi connectivity index (χ1) is 9.45. The van der Waals surface area contributed by atoms with Crippen LogP contribution in [0.15, 0.2) is 29.4 Å². The van der Waals surface area contributed by atoms with Crippen LogP contribution in [0.2, 0.25) is 0 Å². The number of ether oxygens (including phenoxy) is 1. The van der Waals surface area contributed by atoms with Gasteiger partial charge in [-0.1, -0.05) is 0 Å². The summed E-state index contributed by atoms with van der Waals surface area (Å²) >= 11 is 0. The fourth-order valence-electron chi connectivity index (χ4n) is 1.67. The van der Waals surface area contributed by atoms with Gasteiger partial charge in [0.25, 0.3) is 0 Å². The maximum Gasteiger partial charge on any atom is 0.246 e. The zero-order valence-corrected chi connectivity index (χ0v) is 11.9. The minimum Gasteiger partial charge on any atom is -0.495 e. The van der Waals surface area contributed by atoms with Crippen molar-refractivity contribution < 1.29 is 13.2 Å². The summed E-state index contributed by atoms with van der Waals surface area (Å²) in [6, 6.07) is 4.46. The topological polar surface area (TPSA) is 114 Å². The van der Waals surface area contributed by atoms with Crippen molar-refractivity contribution in [3.05, 3.63) is 30.4 Å². The van der Waals surface area contributed by atoms with Crippen molar-refractivity contribution in [3.63, 3.8) is 0 Å². The number of rotatable bonds is 5. The predicted octanol–water partition coefficient (Wildman–Crippen LogP) is 0.216. The Bertz CT molecular complexity index is 684. The first-order valence-electron chi connectivity index (χ1n) is 5.69. The number of H-pyrrole nitrogens is 1. The van der Waals surface area contributed by atoms with Crippen LogP contribution in [0.4, 0.5) is 5.69 Å². The summed E-state index contributed by atoms with van der Waals surface area (Å²) in [6.07, 6.45) is 1.32. The summed E-state index contributed by atoms with van der Waals surface area (Å²) in [6.45, 7) is 0.0697. The molecule has 0 amide bonds. The van der Waals surface area contributed by atoms with Crippen molar-refractivity contribution in [2.75, 3.05) is 19.9 Å². The van der Waals surface area contributed by atoms with Crippen molar-refractivity contribution >= 4 is 15.7 Å². The summed E-state index contributed by atoms with van der Waals surface area (Å²) in [5.74, 6) is 0.683. The normalized spacial score (nSPS) is 11.8. The van der Waals surface area contributed by atoms with Crippen LogP contribution in [0.1, 0.15) is 5.82 Å². The maximum atomic E-state index is 12.5. The number of hydrogen-bond acceptors (Lipinski definition) is 6. The van der Waals surface area contributed by atoms with Gasteiger partial charge in [0.1, 0.15) is 22.8 Å². The van der Waals surface area contributed by atoms with Crippen LogP contribution >= 0.6 is 0 Å². The SMILES string of the molecule is COc1ccc(N)cc1S(=O)(=O)N(C)Cc1ncn[nH]1. The molecule has 1 aromatic carbocycles. The Morgan fingerprint density at radius 3 is 2.80 bits per heavy atom. The number of sulfonamides is 1. The first kappa shape index (κ1) is 14.3. The highest BCUT2D eigenvalue weighted by molar-refractivity contribution is 7.89. The molecule has 9 heteroatoms. The number of hydrogen-bond donors (Lipinski definition) is 2. The van der Waals surface area contributed by atoms with Gasteiger partial charge in [0, 0.05) is 12.7 Å². The summed E-state index contributed by atoms with van der Waals surface area (Å²) in [5.41, 5.74) is 5.99. The third-order valence-electron chi connectivity index (χ3n) is 2.71. The second kappa shape index (κ2) is 5.47. The molecule has 108 valence electrons. The van der Waals surface area contributed by atoms with Crippen LogP contribution in [0.3, 0.4) is 0 Å². The standard InChI is InChI=1S/C11H15N5O3S/c1-16(6-11-13-7-14-15-11)20(17,18)10-5-8(12)3-4-9(10)19-2/h3-5,7H,6,12H2,1-2H3,(H,13,14,15). The second-order valence-corrected chi connectivity index (χ2v) is 6.12. The molecule has 0 unspecified atom stereocenters. The van der Waals surface area contributed by atoms with E-state index in [-0.39, 0.29) is 17.2 Å². The van der Waals surface area contributed by atoms with E-state index < -0.39 is 10.0 Å². The van der Waals surface area contributed by atoms with Crippen molar-refractivity contribution in [2.45, 2.75) is 11.4 Å². The highest BCUT2D eigenvalue weighted by Gasteiger charge is 2.25. The van der Waals surface area contributed by atoms with E-state index in [4.69, 9.17) is 10.5 Å². The molecule has 0 spiro atoms. The minimum absolute atomic E-state index is 0.0158. The lowest BCUT2D eigenvalue weighted by atomic mass is 10.3. The Hall–Kier alpha value is -2.13. The maximum absolute atomic E-state index is 12.5. The van der Waals surface area contributed by atoms with E-state index in [1.165, 1.54) is 32.6 Å². The Balaban J connectivity index is 2.36. The third-order valence-corrected chi connectivity index (χ3v) is 4.54. The van der Waals surface area contributed by atoms with Crippen molar-refractivity contribution in [2.24, 2.45) is 0 Å². The molecule has 8 nitrogen and oxygen atoms in total. The number of methoxy groups -OCH3 is 1. The smallest absolute Gasteiger partial charge is 0.246 e. The Kier molecular flexibility index (Phi) is 3.91. The Labute approximate surface area is 116 Å². The molecule has 2 rings (SSSR count). The zero-order valence-electron chi connectivity index (χ0n) is 11.1. The summed E-state index contributed by atoms with van der Waals surface area (Å²) in [5, 5.41) is 6.28. The predicted molar refractivity (Wildman–Crippen MR) is 72.4 cm³/mol. The van der Waals surface area contributed by atoms with Gasteiger partial charge >= 0.3 is 0 Å². The fraction of sp³-hybridized carbons (Fsp3) is 0.273. The van der Waals surface area contributed by atoms with Gasteiger partial charge in [-0.05, 0) is 18.2 Å². The lowest BCUT2D eigenvalue weighted by Crippen LogP contribution is -2.27. The van der Waals surface area contributed by atoms with Crippen LogP contribution in [-0.2, 0) is 16.6 Å². The fourth-order valence-corrected chi connectivity index (χ4v) is 2.98. The molecular formula is C11H15N5O3S. The minimum atomic E-state index is -3.74. The molecule has 20 heavy (non-hydrogen) atoms. The number of nitrogens with zero attached hydrogens (tertiary/aromatic N) is 3. The van der Waals surface area contributed by atoms with Gasteiger partial charge in [0.2, 0.25) is 10.0 Å². The second-order valence-electron chi connectivity index (χ2n) is 4.10. The number of nitrogens with two attached hydrogens (primary N) is 1. The van der Waals surface area contributed by atoms with Crippen LogP contribution in [0.25, 0.3) is 0 Å². The molecule has 1 aromatic heterocycles. The summed E-state index contributed by atoms with van der Waals surface area (Å²) in [7, 11) is -0.891. The quantitative estimate of drug-likeness (QED) is 0.763. The van der Waals surface area contributed by atoms with Gasteiger partial charge < -0.3 is 10.5 Å². The van der Waals surface area contributed by atoms with Gasteiger partial charge in [-0.2, -0.15) is 9.40 Å². The van der Waals surface area contributed by atoms with Crippen LogP contribution in [0, 0.1) is 0 Å². The van der Waals surface area contributed by atoms with Crippen LogP contribution < -0.4 is 10.5 Å². The molecule has 0 bridgehead atoms. The van der Waals surface area contributed by atoms with Gasteiger partial charge in [-0.25, -0.2) is 13.4 Å². The monoisotopic (exact) mass is 297 g/mol. The van der Waals surface area contributed by atoms with E-state index in [1.807, 2.05) is 0 Å². The molecule has 0 fully saturated rings. The molecule has 0 aliphatic heterocycles. The van der Waals surface area contributed by atoms with Crippen molar-refractivity contribution in [1.29, 1.82) is 0 Å². The van der Waals surface area contributed by atoms with Gasteiger partial charge in [-0.15, -0.1) is 0 Å². The molecule has 2 aromatic rings. The van der Waals surface area contributed by atoms with E-state index in [2.05, 4.69) is 15.2 Å². The molecule has 0 radical (unpaired) electrons. The van der Waals surface area contributed by atoms with Crippen molar-refractivity contribution in [3.8, 4) is 5.75 Å². The van der Waals surface area contributed by atoms with Crippen LogP contribution in [0.5, 0.6) is 5.75 Å². The average Bonchev–Trinajstić information content (AvgIpc) is 2.91. The number of aromatic amines is 1. The summed E-state index contributed by atoms with van der Waals surface area (Å²) < 4.78 is 31.3. The lowest BCUT2D eigenvalue weighted by molar-refractivity contribution is 0.397. The van der Waals surface area contributed by atoms with Gasteiger partial charge in [0.15, 0.2) is 0 Å². The number of nitrogen functional groups attached to an aromatic ring is 1. The molecule has 1 heterocycles. The molecular weight excluding hydrogens is 282 g/mol. The van der Waals surface area contributed by atoms with Crippen molar-refractivity contribution in [1.82, 2.24) is 19.5 Å². The Morgan fingerprint density at radius 1 is 1.45 bits per heavy atom. The lowest BCUT2D eigenvalue weighted by Gasteiger charge is -2.18. The van der Waals surface area contributed by atoms with E-state index in [0.717, 1.165) is 4.31 Å². The molecule has 0 aliphatic rings. The molecule has 0 saturated carbocycles. The summed E-state index contributed by atoms with van der Waals surface area (Å²) in [4.78, 5) is 3.91. The Morgan fingerprint density at radius 2 is 2.20 bits per heavy atom. The van der Waals surface area contributed by atoms with Gasteiger partial charge in [-0.3, -0.25) is 5.10 Å². The first-order valence-corrected chi connectivity index (χ1v) is 7.13. The molecule has 0 saturated heterocycles. The zero-order chi connectivity index (χ0) is 14.8. The molecule has 3 N–H and O–H groups in total. The van der Waals surface area contributed by atoms with E-state index in [1.54, 1.807) is 6.07 Å². The van der Waals surface area contributed by atoms with E-state index in [9.17, 15) is 8.42 Å². The number of nitrogens with one attached hydrogen (secondary N) is 1. The van der Waals surface area contributed by atoms with Crippen LogP contribution in [-0.4, -0.2) is 42.1 Å². The van der Waals surface area contributed by atoms with Gasteiger partial charge in [0.05, 0.1) is 13.7 Å². The molecule has 0 aliphatic carbocycles. The average molecular weight is 297 g/mol. The third kappa shape index (κ3) is 2.73. The van der Waals surface area contributed by atoms with E-state index >= 15 is 0 Å².